The maximum absolute atomic E-state index is 6.28. The molecule has 1 fully saturated rings. The average Bonchev–Trinajstić information content (AvgIpc) is 2.60. The summed E-state index contributed by atoms with van der Waals surface area (Å²) in [5, 5.41) is 0.852. The maximum Gasteiger partial charge on any atom is 0.0459 e. The van der Waals surface area contributed by atoms with Crippen LogP contribution in [-0.2, 0) is 6.42 Å². The van der Waals surface area contributed by atoms with Gasteiger partial charge in [-0.05, 0) is 42.8 Å². The van der Waals surface area contributed by atoms with Gasteiger partial charge in [-0.15, -0.1) is 0 Å². The average molecular weight is 271 g/mol. The first kappa shape index (κ1) is 13.1. The van der Waals surface area contributed by atoms with E-state index in [2.05, 4.69) is 23.1 Å². The van der Waals surface area contributed by atoms with Crippen LogP contribution < -0.4 is 10.6 Å². The topological polar surface area (TPSA) is 29.3 Å². The number of benzene rings is 1. The molecular weight excluding hydrogens is 252 g/mol. The molecule has 0 amide bonds. The Hall–Kier alpha value is -0.380. The van der Waals surface area contributed by atoms with Crippen LogP contribution in [0.1, 0.15) is 12.0 Å². The molecule has 17 heavy (non-hydrogen) atoms. The molecule has 1 aliphatic heterocycles. The lowest BCUT2D eigenvalue weighted by atomic mass is 10.1. The number of hydrogen-bond donors (Lipinski definition) is 1. The molecule has 1 heterocycles. The maximum atomic E-state index is 6.28. The van der Waals surface area contributed by atoms with Crippen molar-refractivity contribution in [1.82, 2.24) is 0 Å². The molecule has 0 bridgehead atoms. The Morgan fingerprint density at radius 3 is 2.94 bits per heavy atom. The molecule has 0 aromatic heterocycles. The minimum absolute atomic E-state index is 0.652. The highest BCUT2D eigenvalue weighted by Crippen LogP contribution is 2.25. The molecule has 1 aromatic rings. The van der Waals surface area contributed by atoms with Gasteiger partial charge < -0.3 is 10.6 Å². The van der Waals surface area contributed by atoms with Crippen LogP contribution >= 0.6 is 23.4 Å². The van der Waals surface area contributed by atoms with Crippen LogP contribution in [0, 0.1) is 0 Å². The van der Waals surface area contributed by atoms with Crippen molar-refractivity contribution >= 4 is 29.1 Å². The van der Waals surface area contributed by atoms with Crippen molar-refractivity contribution in [2.24, 2.45) is 5.73 Å². The highest BCUT2D eigenvalue weighted by atomic mass is 35.5. The number of hydrogen-bond acceptors (Lipinski definition) is 3. The van der Waals surface area contributed by atoms with E-state index in [1.165, 1.54) is 23.6 Å². The van der Waals surface area contributed by atoms with E-state index in [9.17, 15) is 0 Å². The Morgan fingerprint density at radius 1 is 1.29 bits per heavy atom. The molecule has 94 valence electrons. The van der Waals surface area contributed by atoms with Gasteiger partial charge in [0.15, 0.2) is 0 Å². The number of nitrogens with two attached hydrogens (primary N) is 1. The molecule has 2 N–H and O–H groups in total. The minimum Gasteiger partial charge on any atom is -0.371 e. The van der Waals surface area contributed by atoms with E-state index in [1.807, 2.05) is 11.8 Å². The predicted octanol–water partition coefficient (Wildman–Crippen LogP) is 2.78. The first-order valence-electron chi connectivity index (χ1n) is 6.12. The largest absolute Gasteiger partial charge is 0.371 e. The van der Waals surface area contributed by atoms with Crippen molar-refractivity contribution in [1.29, 1.82) is 0 Å². The molecule has 2 rings (SSSR count). The Balaban J connectivity index is 2.12. The molecule has 0 saturated carbocycles. The molecule has 4 heteroatoms. The van der Waals surface area contributed by atoms with Gasteiger partial charge in [-0.25, -0.2) is 0 Å². The van der Waals surface area contributed by atoms with E-state index in [-0.39, 0.29) is 0 Å². The lowest BCUT2D eigenvalue weighted by molar-refractivity contribution is 0.815. The predicted molar refractivity (Wildman–Crippen MR) is 78.4 cm³/mol. The first-order chi connectivity index (χ1) is 8.31. The molecule has 0 atom stereocenters. The van der Waals surface area contributed by atoms with Gasteiger partial charge in [0.2, 0.25) is 0 Å². The molecular formula is C13H19ClN2S. The number of halogens is 1. The van der Waals surface area contributed by atoms with E-state index in [0.717, 1.165) is 30.1 Å². The van der Waals surface area contributed by atoms with Crippen LogP contribution in [0.3, 0.4) is 0 Å². The molecule has 0 unspecified atom stereocenters. The minimum atomic E-state index is 0.652. The van der Waals surface area contributed by atoms with Gasteiger partial charge in [0, 0.05) is 29.6 Å². The van der Waals surface area contributed by atoms with E-state index in [1.54, 1.807) is 0 Å². The molecule has 0 spiro atoms. The molecule has 1 saturated heterocycles. The van der Waals surface area contributed by atoms with Crippen LogP contribution in [0.2, 0.25) is 5.02 Å². The number of rotatable bonds is 3. The fourth-order valence-corrected chi connectivity index (χ4v) is 3.25. The third kappa shape index (κ3) is 3.54. The van der Waals surface area contributed by atoms with Crippen LogP contribution in [-0.4, -0.2) is 31.1 Å². The van der Waals surface area contributed by atoms with Crippen molar-refractivity contribution in [3.05, 3.63) is 28.8 Å². The summed E-state index contributed by atoms with van der Waals surface area (Å²) in [5.74, 6) is 2.48. The summed E-state index contributed by atoms with van der Waals surface area (Å²) in [5.41, 5.74) is 7.96. The zero-order valence-electron chi connectivity index (χ0n) is 9.99. The van der Waals surface area contributed by atoms with Gasteiger partial charge in [0.25, 0.3) is 0 Å². The second-order valence-electron chi connectivity index (χ2n) is 4.27. The Bertz CT molecular complexity index is 362. The Labute approximate surface area is 113 Å². The second-order valence-corrected chi connectivity index (χ2v) is 5.90. The van der Waals surface area contributed by atoms with Gasteiger partial charge >= 0.3 is 0 Å². The van der Waals surface area contributed by atoms with Gasteiger partial charge in [-0.2, -0.15) is 11.8 Å². The first-order valence-corrected chi connectivity index (χ1v) is 7.65. The zero-order chi connectivity index (χ0) is 12.1. The van der Waals surface area contributed by atoms with Crippen molar-refractivity contribution in [2.75, 3.05) is 36.0 Å². The summed E-state index contributed by atoms with van der Waals surface area (Å²) >= 11 is 8.32. The van der Waals surface area contributed by atoms with Crippen molar-refractivity contribution in [2.45, 2.75) is 12.8 Å². The fourth-order valence-electron chi connectivity index (χ4n) is 2.10. The molecule has 1 aromatic carbocycles. The number of nitrogens with zero attached hydrogens (tertiary/aromatic N) is 1. The Kier molecular flexibility index (Phi) is 5.01. The summed E-state index contributed by atoms with van der Waals surface area (Å²) in [6.45, 7) is 2.91. The molecule has 2 nitrogen and oxygen atoms in total. The third-order valence-electron chi connectivity index (χ3n) is 3.04. The van der Waals surface area contributed by atoms with E-state index in [0.29, 0.717) is 6.54 Å². The molecule has 1 aliphatic rings. The van der Waals surface area contributed by atoms with Gasteiger partial charge in [0.05, 0.1) is 0 Å². The van der Waals surface area contributed by atoms with Crippen LogP contribution in [0.5, 0.6) is 0 Å². The monoisotopic (exact) mass is 270 g/mol. The summed E-state index contributed by atoms with van der Waals surface area (Å²) in [6, 6.07) is 6.37. The van der Waals surface area contributed by atoms with Crippen LogP contribution in [0.25, 0.3) is 0 Å². The summed E-state index contributed by atoms with van der Waals surface area (Å²) in [6.07, 6.45) is 2.11. The third-order valence-corrected chi connectivity index (χ3v) is 4.44. The van der Waals surface area contributed by atoms with E-state index >= 15 is 0 Å². The lowest BCUT2D eigenvalue weighted by Gasteiger charge is -2.23. The highest BCUT2D eigenvalue weighted by molar-refractivity contribution is 7.99. The van der Waals surface area contributed by atoms with Gasteiger partial charge in [-0.3, -0.25) is 0 Å². The molecule has 0 radical (unpaired) electrons. The molecule has 0 aliphatic carbocycles. The summed E-state index contributed by atoms with van der Waals surface area (Å²) < 4.78 is 0. The normalized spacial score (nSPS) is 16.9. The van der Waals surface area contributed by atoms with Crippen LogP contribution in [0.15, 0.2) is 18.2 Å². The fraction of sp³-hybridized carbons (Fsp3) is 0.538. The van der Waals surface area contributed by atoms with Crippen molar-refractivity contribution < 1.29 is 0 Å². The van der Waals surface area contributed by atoms with Crippen molar-refractivity contribution in [3.8, 4) is 0 Å². The van der Waals surface area contributed by atoms with E-state index in [4.69, 9.17) is 17.3 Å². The smallest absolute Gasteiger partial charge is 0.0459 e. The highest BCUT2D eigenvalue weighted by Gasteiger charge is 2.11. The SMILES string of the molecule is NCCc1ccc(N2CCCSCC2)cc1Cl. The van der Waals surface area contributed by atoms with Crippen LogP contribution in [0.4, 0.5) is 5.69 Å². The quantitative estimate of drug-likeness (QED) is 0.916. The lowest BCUT2D eigenvalue weighted by Crippen LogP contribution is -2.25. The number of anilines is 1. The van der Waals surface area contributed by atoms with Gasteiger partial charge in [-0.1, -0.05) is 17.7 Å². The zero-order valence-corrected chi connectivity index (χ0v) is 11.6. The standard InChI is InChI=1S/C13H19ClN2S/c14-13-10-12(3-2-11(13)4-5-15)16-6-1-8-17-9-7-16/h2-3,10H,1,4-9,15H2. The van der Waals surface area contributed by atoms with Crippen molar-refractivity contribution in [3.63, 3.8) is 0 Å². The Morgan fingerprint density at radius 2 is 2.18 bits per heavy atom. The van der Waals surface area contributed by atoms with E-state index < -0.39 is 0 Å². The van der Waals surface area contributed by atoms with Gasteiger partial charge in [0.1, 0.15) is 0 Å². The summed E-state index contributed by atoms with van der Waals surface area (Å²) in [7, 11) is 0. The number of thioether (sulfide) groups is 1. The summed E-state index contributed by atoms with van der Waals surface area (Å²) in [4.78, 5) is 2.43. The second kappa shape index (κ2) is 6.53.